The highest BCUT2D eigenvalue weighted by molar-refractivity contribution is 5.80. The minimum absolute atomic E-state index is 0.394. The maximum absolute atomic E-state index is 9.84. The summed E-state index contributed by atoms with van der Waals surface area (Å²) in [5, 5.41) is 0. The largest absolute Gasteiger partial charge is 0.466 e. The Morgan fingerprint density at radius 1 is 1.54 bits per heavy atom. The van der Waals surface area contributed by atoms with Crippen molar-refractivity contribution in [2.24, 2.45) is 0 Å². The summed E-state index contributed by atoms with van der Waals surface area (Å²) in [5.41, 5.74) is 0. The van der Waals surface area contributed by atoms with Gasteiger partial charge in [-0.25, -0.2) is 4.79 Å². The molecule has 77 valence electrons. The number of hydrogen-bond donors (Lipinski definition) is 0. The van der Waals surface area contributed by atoms with E-state index in [2.05, 4.69) is 25.2 Å². The fraction of sp³-hybridized carbons (Fsp3) is 0.600. The van der Waals surface area contributed by atoms with Crippen molar-refractivity contribution in [1.29, 1.82) is 0 Å². The maximum Gasteiger partial charge on any atom is 0.329 e. The summed E-state index contributed by atoms with van der Waals surface area (Å²) in [6.45, 7) is 10.3. The Kier molecular flexibility index (Phi) is 15.5. The van der Waals surface area contributed by atoms with E-state index in [1.807, 2.05) is 0 Å². The predicted octanol–water partition coefficient (Wildman–Crippen LogP) is 1.98. The Labute approximate surface area is 80.7 Å². The summed E-state index contributed by atoms with van der Waals surface area (Å²) in [6, 6.07) is 0. The molecule has 0 aliphatic rings. The van der Waals surface area contributed by atoms with Gasteiger partial charge < -0.3 is 9.47 Å². The van der Waals surface area contributed by atoms with Gasteiger partial charge in [0.2, 0.25) is 0 Å². The van der Waals surface area contributed by atoms with E-state index in [-0.39, 0.29) is 0 Å². The summed E-state index contributed by atoms with van der Waals surface area (Å²) < 4.78 is 9.11. The lowest BCUT2D eigenvalue weighted by atomic mass is 10.4. The highest BCUT2D eigenvalue weighted by Crippen LogP contribution is 1.85. The zero-order valence-corrected chi connectivity index (χ0v) is 8.54. The van der Waals surface area contributed by atoms with Gasteiger partial charge in [0.1, 0.15) is 0 Å². The van der Waals surface area contributed by atoms with Gasteiger partial charge in [0.05, 0.1) is 7.11 Å². The van der Waals surface area contributed by atoms with E-state index < -0.39 is 5.97 Å². The number of ether oxygens (including phenoxy) is 2. The summed E-state index contributed by atoms with van der Waals surface area (Å²) in [7, 11) is 1.31. The molecule has 0 rings (SSSR count). The average molecular weight is 187 g/mol. The number of hydrogen-bond acceptors (Lipinski definition) is 3. The second-order valence-corrected chi connectivity index (χ2v) is 2.19. The molecule has 3 heteroatoms. The molecule has 0 N–H and O–H groups in total. The van der Waals surface area contributed by atoms with E-state index in [1.165, 1.54) is 13.5 Å². The minimum atomic E-state index is -0.394. The molecular weight excluding hydrogens is 168 g/mol. The van der Waals surface area contributed by atoms with Crippen molar-refractivity contribution in [2.45, 2.75) is 19.8 Å². The first kappa shape index (κ1) is 14.7. The van der Waals surface area contributed by atoms with E-state index in [0.29, 0.717) is 6.61 Å². The number of methoxy groups -OCH3 is 1. The fourth-order valence-electron chi connectivity index (χ4n) is 0.432. The quantitative estimate of drug-likeness (QED) is 0.375. The van der Waals surface area contributed by atoms with E-state index in [1.54, 1.807) is 0 Å². The molecule has 0 aromatic heterocycles. The predicted molar refractivity (Wildman–Crippen MR) is 53.3 cm³/mol. The van der Waals surface area contributed by atoms with Gasteiger partial charge in [-0.05, 0) is 13.3 Å². The van der Waals surface area contributed by atoms with Crippen LogP contribution in [0.4, 0.5) is 0 Å². The van der Waals surface area contributed by atoms with Crippen LogP contribution in [0, 0.1) is 6.92 Å². The topological polar surface area (TPSA) is 35.5 Å². The number of rotatable bonds is 5. The standard InChI is InChI=1S/C6H13O.C4H6O2/c1-3-5-6-7-4-2;1-3-4(5)6-2/h2-6H2,1H3;3H,1H2,2H3. The third-order valence-electron chi connectivity index (χ3n) is 1.15. The normalized spacial score (nSPS) is 8.23. The molecule has 0 atom stereocenters. The number of esters is 1. The molecule has 0 bridgehead atoms. The van der Waals surface area contributed by atoms with E-state index in [9.17, 15) is 4.79 Å². The van der Waals surface area contributed by atoms with Crippen LogP contribution in [0.1, 0.15) is 19.8 Å². The molecule has 0 amide bonds. The molecule has 0 aromatic rings. The van der Waals surface area contributed by atoms with Crippen LogP contribution in [0.5, 0.6) is 0 Å². The Morgan fingerprint density at radius 2 is 2.15 bits per heavy atom. The molecule has 0 spiro atoms. The van der Waals surface area contributed by atoms with Crippen LogP contribution < -0.4 is 0 Å². The Hall–Kier alpha value is -0.830. The average Bonchev–Trinajstić information content (AvgIpc) is 2.18. The fourth-order valence-corrected chi connectivity index (χ4v) is 0.432. The van der Waals surface area contributed by atoms with Gasteiger partial charge in [0, 0.05) is 19.3 Å². The molecule has 0 saturated carbocycles. The SMILES string of the molecule is C=CC(=O)OC.[CH2]COCCCC. The smallest absolute Gasteiger partial charge is 0.329 e. The van der Waals surface area contributed by atoms with Crippen LogP contribution in [-0.2, 0) is 14.3 Å². The first-order valence-corrected chi connectivity index (χ1v) is 4.30. The lowest BCUT2D eigenvalue weighted by Crippen LogP contribution is -1.91. The molecule has 1 radical (unpaired) electrons. The summed E-state index contributed by atoms with van der Waals surface area (Å²) in [5.74, 6) is -0.394. The van der Waals surface area contributed by atoms with Gasteiger partial charge >= 0.3 is 5.97 Å². The highest BCUT2D eigenvalue weighted by atomic mass is 16.5. The molecule has 0 fully saturated rings. The number of carbonyl (C=O) groups is 1. The molecule has 3 nitrogen and oxygen atoms in total. The zero-order valence-electron chi connectivity index (χ0n) is 8.54. The lowest BCUT2D eigenvalue weighted by Gasteiger charge is -1.94. The van der Waals surface area contributed by atoms with Gasteiger partial charge in [-0.2, -0.15) is 0 Å². The second kappa shape index (κ2) is 13.7. The van der Waals surface area contributed by atoms with E-state index >= 15 is 0 Å². The first-order valence-electron chi connectivity index (χ1n) is 4.30. The molecule has 0 aliphatic carbocycles. The van der Waals surface area contributed by atoms with Crippen molar-refractivity contribution in [3.63, 3.8) is 0 Å². The zero-order chi connectivity index (χ0) is 10.5. The van der Waals surface area contributed by atoms with Gasteiger partial charge in [0.15, 0.2) is 0 Å². The number of carbonyl (C=O) groups excluding carboxylic acids is 1. The highest BCUT2D eigenvalue weighted by Gasteiger charge is 1.82. The molecule has 0 aromatic carbocycles. The van der Waals surface area contributed by atoms with E-state index in [4.69, 9.17) is 4.74 Å². The van der Waals surface area contributed by atoms with Crippen LogP contribution in [0.2, 0.25) is 0 Å². The third-order valence-corrected chi connectivity index (χ3v) is 1.15. The molecule has 13 heavy (non-hydrogen) atoms. The van der Waals surface area contributed by atoms with Gasteiger partial charge in [-0.1, -0.05) is 19.9 Å². The van der Waals surface area contributed by atoms with Crippen LogP contribution in [0.15, 0.2) is 12.7 Å². The van der Waals surface area contributed by atoms with Gasteiger partial charge in [-0.15, -0.1) is 0 Å². The summed E-state index contributed by atoms with van der Waals surface area (Å²) in [4.78, 5) is 9.84. The molecular formula is C10H19O3. The Morgan fingerprint density at radius 3 is 2.38 bits per heavy atom. The van der Waals surface area contributed by atoms with Crippen molar-refractivity contribution in [3.8, 4) is 0 Å². The minimum Gasteiger partial charge on any atom is -0.466 e. The van der Waals surface area contributed by atoms with Gasteiger partial charge in [-0.3, -0.25) is 0 Å². The Balaban J connectivity index is 0. The molecule has 0 aliphatic heterocycles. The van der Waals surface area contributed by atoms with E-state index in [0.717, 1.165) is 19.1 Å². The Bertz CT molecular complexity index is 117. The molecule has 0 unspecified atom stereocenters. The molecule has 0 saturated heterocycles. The van der Waals surface area contributed by atoms with Crippen molar-refractivity contribution in [1.82, 2.24) is 0 Å². The maximum atomic E-state index is 9.84. The van der Waals surface area contributed by atoms with Crippen molar-refractivity contribution in [3.05, 3.63) is 19.6 Å². The van der Waals surface area contributed by atoms with Crippen LogP contribution in [-0.4, -0.2) is 26.3 Å². The van der Waals surface area contributed by atoms with Crippen molar-refractivity contribution in [2.75, 3.05) is 20.3 Å². The van der Waals surface area contributed by atoms with Crippen LogP contribution >= 0.6 is 0 Å². The monoisotopic (exact) mass is 187 g/mol. The molecule has 0 heterocycles. The third kappa shape index (κ3) is 18.3. The summed E-state index contributed by atoms with van der Waals surface area (Å²) >= 11 is 0. The number of unbranched alkanes of at least 4 members (excludes halogenated alkanes) is 1. The van der Waals surface area contributed by atoms with Crippen LogP contribution in [0.3, 0.4) is 0 Å². The second-order valence-electron chi connectivity index (χ2n) is 2.19. The lowest BCUT2D eigenvalue weighted by molar-refractivity contribution is -0.134. The van der Waals surface area contributed by atoms with Crippen LogP contribution in [0.25, 0.3) is 0 Å². The van der Waals surface area contributed by atoms with Crippen molar-refractivity contribution >= 4 is 5.97 Å². The first-order chi connectivity index (χ1) is 6.22. The van der Waals surface area contributed by atoms with Gasteiger partial charge in [0.25, 0.3) is 0 Å². The summed E-state index contributed by atoms with van der Waals surface area (Å²) in [6.07, 6.45) is 3.48. The van der Waals surface area contributed by atoms with Crippen molar-refractivity contribution < 1.29 is 14.3 Å².